The van der Waals surface area contributed by atoms with Gasteiger partial charge in [0, 0.05) is 12.7 Å². The number of rotatable bonds is 8. The third-order valence-corrected chi connectivity index (χ3v) is 4.26. The minimum atomic E-state index is -0.421. The highest BCUT2D eigenvalue weighted by molar-refractivity contribution is 8.00. The second-order valence-corrected chi connectivity index (χ2v) is 6.65. The van der Waals surface area contributed by atoms with Gasteiger partial charge in [0.05, 0.1) is 17.4 Å². The highest BCUT2D eigenvalue weighted by Crippen LogP contribution is 2.21. The molecule has 1 N–H and O–H groups in total. The first-order valence-corrected chi connectivity index (χ1v) is 9.14. The molecule has 0 aliphatic carbocycles. The number of amides is 1. The molecular formula is C19H22N2O3S. The SMILES string of the molecule is CC(C)OC(=O)c1cccnc1SCC(=O)NCCc1ccccc1. The molecular weight excluding hydrogens is 336 g/mol. The van der Waals surface area contributed by atoms with Crippen molar-refractivity contribution < 1.29 is 14.3 Å². The molecule has 0 saturated carbocycles. The van der Waals surface area contributed by atoms with E-state index in [2.05, 4.69) is 10.3 Å². The Labute approximate surface area is 152 Å². The van der Waals surface area contributed by atoms with Crippen LogP contribution in [-0.4, -0.2) is 35.3 Å². The number of nitrogens with one attached hydrogen (secondary N) is 1. The quantitative estimate of drug-likeness (QED) is 0.580. The Hall–Kier alpha value is -2.34. The molecule has 0 atom stereocenters. The van der Waals surface area contributed by atoms with E-state index in [1.807, 2.05) is 30.3 Å². The Morgan fingerprint density at radius 3 is 2.64 bits per heavy atom. The number of hydrogen-bond donors (Lipinski definition) is 1. The minimum Gasteiger partial charge on any atom is -0.459 e. The Kier molecular flexibility index (Phi) is 7.47. The van der Waals surface area contributed by atoms with Gasteiger partial charge in [-0.1, -0.05) is 42.1 Å². The number of carbonyl (C=O) groups is 2. The van der Waals surface area contributed by atoms with Crippen LogP contribution in [0.2, 0.25) is 0 Å². The third kappa shape index (κ3) is 6.58. The van der Waals surface area contributed by atoms with Gasteiger partial charge in [-0.15, -0.1) is 0 Å². The van der Waals surface area contributed by atoms with E-state index in [4.69, 9.17) is 4.74 Å². The molecule has 0 radical (unpaired) electrons. The van der Waals surface area contributed by atoms with Crippen molar-refractivity contribution >= 4 is 23.6 Å². The first kappa shape index (κ1) is 19.0. The van der Waals surface area contributed by atoms with Crippen LogP contribution >= 0.6 is 11.8 Å². The third-order valence-electron chi connectivity index (χ3n) is 3.25. The molecule has 0 bridgehead atoms. The zero-order valence-corrected chi connectivity index (χ0v) is 15.2. The molecule has 0 aliphatic heterocycles. The summed E-state index contributed by atoms with van der Waals surface area (Å²) in [5, 5.41) is 3.38. The smallest absolute Gasteiger partial charge is 0.341 e. The predicted octanol–water partition coefficient (Wildman–Crippen LogP) is 3.10. The molecule has 0 spiro atoms. The summed E-state index contributed by atoms with van der Waals surface area (Å²) in [5.74, 6) is -0.307. The van der Waals surface area contributed by atoms with E-state index < -0.39 is 5.97 Å². The lowest BCUT2D eigenvalue weighted by Crippen LogP contribution is -2.27. The van der Waals surface area contributed by atoms with Crippen LogP contribution in [0.5, 0.6) is 0 Å². The minimum absolute atomic E-state index is 0.0882. The number of pyridine rings is 1. The zero-order chi connectivity index (χ0) is 18.1. The van der Waals surface area contributed by atoms with Crippen LogP contribution in [0.15, 0.2) is 53.7 Å². The molecule has 0 unspecified atom stereocenters. The maximum absolute atomic E-state index is 12.1. The van der Waals surface area contributed by atoms with Gasteiger partial charge >= 0.3 is 5.97 Å². The number of hydrogen-bond acceptors (Lipinski definition) is 5. The Morgan fingerprint density at radius 2 is 1.92 bits per heavy atom. The average molecular weight is 358 g/mol. The van der Waals surface area contributed by atoms with Gasteiger partial charge in [0.2, 0.25) is 5.91 Å². The molecule has 0 fully saturated rings. The lowest BCUT2D eigenvalue weighted by atomic mass is 10.1. The van der Waals surface area contributed by atoms with Gasteiger partial charge in [-0.2, -0.15) is 0 Å². The normalized spacial score (nSPS) is 10.5. The highest BCUT2D eigenvalue weighted by Gasteiger charge is 2.16. The molecule has 2 rings (SSSR count). The van der Waals surface area contributed by atoms with Crippen LogP contribution < -0.4 is 5.32 Å². The van der Waals surface area contributed by atoms with Crippen molar-refractivity contribution in [2.45, 2.75) is 31.4 Å². The van der Waals surface area contributed by atoms with Crippen molar-refractivity contribution in [1.82, 2.24) is 10.3 Å². The van der Waals surface area contributed by atoms with Gasteiger partial charge in [0.1, 0.15) is 5.03 Å². The summed E-state index contributed by atoms with van der Waals surface area (Å²) in [6, 6.07) is 13.3. The summed E-state index contributed by atoms with van der Waals surface area (Å²) in [4.78, 5) is 28.3. The van der Waals surface area contributed by atoms with Crippen LogP contribution in [-0.2, 0) is 16.0 Å². The second-order valence-electron chi connectivity index (χ2n) is 5.68. The van der Waals surface area contributed by atoms with Crippen LogP contribution in [0.1, 0.15) is 29.8 Å². The predicted molar refractivity (Wildman–Crippen MR) is 98.7 cm³/mol. The lowest BCUT2D eigenvalue weighted by Gasteiger charge is -2.10. The number of aromatic nitrogens is 1. The van der Waals surface area contributed by atoms with E-state index in [0.29, 0.717) is 17.1 Å². The van der Waals surface area contributed by atoms with Gasteiger partial charge in [0.15, 0.2) is 0 Å². The number of benzene rings is 1. The van der Waals surface area contributed by atoms with Gasteiger partial charge < -0.3 is 10.1 Å². The van der Waals surface area contributed by atoms with Crippen molar-refractivity contribution in [2.75, 3.05) is 12.3 Å². The van der Waals surface area contributed by atoms with Crippen LogP contribution in [0, 0.1) is 0 Å². The molecule has 1 amide bonds. The van der Waals surface area contributed by atoms with E-state index >= 15 is 0 Å². The van der Waals surface area contributed by atoms with Crippen LogP contribution in [0.3, 0.4) is 0 Å². The Bertz CT molecular complexity index is 705. The summed E-state index contributed by atoms with van der Waals surface area (Å²) in [5.41, 5.74) is 1.57. The average Bonchev–Trinajstić information content (AvgIpc) is 2.60. The van der Waals surface area contributed by atoms with Crippen molar-refractivity contribution in [3.05, 3.63) is 59.8 Å². The molecule has 0 aliphatic rings. The van der Waals surface area contributed by atoms with Crippen LogP contribution in [0.4, 0.5) is 0 Å². The monoisotopic (exact) mass is 358 g/mol. The maximum Gasteiger partial charge on any atom is 0.341 e. The summed E-state index contributed by atoms with van der Waals surface area (Å²) >= 11 is 1.23. The molecule has 0 saturated heterocycles. The number of nitrogens with zero attached hydrogens (tertiary/aromatic N) is 1. The molecule has 25 heavy (non-hydrogen) atoms. The van der Waals surface area contributed by atoms with Crippen molar-refractivity contribution in [3.63, 3.8) is 0 Å². The Morgan fingerprint density at radius 1 is 1.16 bits per heavy atom. The topological polar surface area (TPSA) is 68.3 Å². The van der Waals surface area contributed by atoms with Gasteiger partial charge in [-0.3, -0.25) is 4.79 Å². The van der Waals surface area contributed by atoms with E-state index in [1.165, 1.54) is 17.3 Å². The first-order chi connectivity index (χ1) is 12.1. The van der Waals surface area contributed by atoms with E-state index in [9.17, 15) is 9.59 Å². The maximum atomic E-state index is 12.1. The van der Waals surface area contributed by atoms with Crippen molar-refractivity contribution in [2.24, 2.45) is 0 Å². The highest BCUT2D eigenvalue weighted by atomic mass is 32.2. The van der Waals surface area contributed by atoms with Gasteiger partial charge in [-0.25, -0.2) is 9.78 Å². The van der Waals surface area contributed by atoms with Gasteiger partial charge in [-0.05, 0) is 38.0 Å². The van der Waals surface area contributed by atoms with E-state index in [1.54, 1.807) is 32.2 Å². The molecule has 2 aromatic rings. The van der Waals surface area contributed by atoms with Gasteiger partial charge in [0.25, 0.3) is 0 Å². The molecule has 5 nitrogen and oxygen atoms in total. The molecule has 1 aromatic carbocycles. The fourth-order valence-electron chi connectivity index (χ4n) is 2.11. The van der Waals surface area contributed by atoms with Crippen molar-refractivity contribution in [3.8, 4) is 0 Å². The molecule has 6 heteroatoms. The number of ether oxygens (including phenoxy) is 1. The number of carbonyl (C=O) groups excluding carboxylic acids is 2. The van der Waals surface area contributed by atoms with Crippen molar-refractivity contribution in [1.29, 1.82) is 0 Å². The molecule has 1 heterocycles. The lowest BCUT2D eigenvalue weighted by molar-refractivity contribution is -0.118. The fraction of sp³-hybridized carbons (Fsp3) is 0.316. The molecule has 132 valence electrons. The fourth-order valence-corrected chi connectivity index (χ4v) is 2.93. The summed E-state index contributed by atoms with van der Waals surface area (Å²) in [6.07, 6.45) is 2.18. The first-order valence-electron chi connectivity index (χ1n) is 8.15. The standard InChI is InChI=1S/C19H22N2O3S/c1-14(2)24-19(23)16-9-6-11-21-18(16)25-13-17(22)20-12-10-15-7-4-3-5-8-15/h3-9,11,14H,10,12-13H2,1-2H3,(H,20,22). The largest absolute Gasteiger partial charge is 0.459 e. The second kappa shape index (κ2) is 9.84. The number of thioether (sulfide) groups is 1. The Balaban J connectivity index is 1.82. The summed E-state index contributed by atoms with van der Waals surface area (Å²) in [7, 11) is 0. The summed E-state index contributed by atoms with van der Waals surface area (Å²) < 4.78 is 5.20. The molecule has 1 aromatic heterocycles. The number of esters is 1. The van der Waals surface area contributed by atoms with E-state index in [-0.39, 0.29) is 17.8 Å². The van der Waals surface area contributed by atoms with E-state index in [0.717, 1.165) is 6.42 Å². The zero-order valence-electron chi connectivity index (χ0n) is 14.4. The van der Waals surface area contributed by atoms with Crippen LogP contribution in [0.25, 0.3) is 0 Å². The summed E-state index contributed by atoms with van der Waals surface area (Å²) in [6.45, 7) is 4.16.